The van der Waals surface area contributed by atoms with Gasteiger partial charge in [0.1, 0.15) is 5.56 Å². The predicted octanol–water partition coefficient (Wildman–Crippen LogP) is 3.42. The third kappa shape index (κ3) is 4.01. The number of nitrogens with zero attached hydrogens (tertiary/aromatic N) is 2. The number of nitro groups is 2. The molecule has 0 N–H and O–H groups in total. The fourth-order valence-electron chi connectivity index (χ4n) is 2.22. The van der Waals surface area contributed by atoms with Gasteiger partial charge < -0.3 is 9.47 Å². The maximum Gasteiger partial charge on any atom is 0.284 e. The molecule has 9 nitrogen and oxygen atoms in total. The molecule has 0 amide bonds. The number of non-ortho nitro benzene ring substituents is 1. The first-order valence-corrected chi connectivity index (χ1v) is 7.24. The molecule has 2 rings (SSSR count). The second-order valence-electron chi connectivity index (χ2n) is 5.03. The van der Waals surface area contributed by atoms with Crippen molar-refractivity contribution in [3.05, 3.63) is 73.8 Å². The number of allylic oxidation sites excluding steroid dienone is 1. The van der Waals surface area contributed by atoms with E-state index in [2.05, 4.69) is 0 Å². The number of benzene rings is 2. The molecule has 0 spiro atoms. The van der Waals surface area contributed by atoms with E-state index in [0.717, 1.165) is 12.1 Å². The molecule has 0 aromatic heterocycles. The van der Waals surface area contributed by atoms with E-state index in [1.165, 1.54) is 44.6 Å². The molecular formula is C17H14N2O7. The Morgan fingerprint density at radius 3 is 2.23 bits per heavy atom. The Morgan fingerprint density at radius 2 is 1.65 bits per heavy atom. The van der Waals surface area contributed by atoms with Crippen LogP contribution in [-0.2, 0) is 0 Å². The lowest BCUT2D eigenvalue weighted by Crippen LogP contribution is -2.03. The lowest BCUT2D eigenvalue weighted by Gasteiger charge is -2.09. The minimum absolute atomic E-state index is 0.124. The van der Waals surface area contributed by atoms with Crippen molar-refractivity contribution in [1.29, 1.82) is 0 Å². The summed E-state index contributed by atoms with van der Waals surface area (Å²) in [6, 6.07) is 7.97. The Kier molecular flexibility index (Phi) is 5.63. The number of hydrogen-bond acceptors (Lipinski definition) is 7. The van der Waals surface area contributed by atoms with Gasteiger partial charge in [0.05, 0.1) is 30.1 Å². The number of hydrogen-bond donors (Lipinski definition) is 0. The highest BCUT2D eigenvalue weighted by atomic mass is 16.6. The van der Waals surface area contributed by atoms with Crippen LogP contribution in [0, 0.1) is 20.2 Å². The topological polar surface area (TPSA) is 122 Å². The van der Waals surface area contributed by atoms with Crippen molar-refractivity contribution in [2.75, 3.05) is 14.2 Å². The zero-order chi connectivity index (χ0) is 19.3. The molecule has 2 aromatic carbocycles. The van der Waals surface area contributed by atoms with Crippen molar-refractivity contribution in [3.8, 4) is 11.5 Å². The molecule has 9 heteroatoms. The maximum absolute atomic E-state index is 12.4. The number of ketones is 1. The summed E-state index contributed by atoms with van der Waals surface area (Å²) in [7, 11) is 2.67. The SMILES string of the molecule is COc1cc(C(=O)/C=C/c2cccc([N+](=O)[O-])c2)c([N+](=O)[O-])cc1OC. The van der Waals surface area contributed by atoms with E-state index >= 15 is 0 Å². The van der Waals surface area contributed by atoms with E-state index in [1.807, 2.05) is 0 Å². The zero-order valence-electron chi connectivity index (χ0n) is 13.9. The smallest absolute Gasteiger partial charge is 0.284 e. The van der Waals surface area contributed by atoms with E-state index in [0.29, 0.717) is 5.56 Å². The quantitative estimate of drug-likeness (QED) is 0.322. The van der Waals surface area contributed by atoms with Gasteiger partial charge in [0.2, 0.25) is 0 Å². The molecule has 0 saturated carbocycles. The van der Waals surface area contributed by atoms with E-state index in [4.69, 9.17) is 9.47 Å². The largest absolute Gasteiger partial charge is 0.493 e. The molecule has 0 aliphatic heterocycles. The van der Waals surface area contributed by atoms with Crippen LogP contribution >= 0.6 is 0 Å². The minimum Gasteiger partial charge on any atom is -0.493 e. The van der Waals surface area contributed by atoms with Gasteiger partial charge in [0, 0.05) is 18.2 Å². The Bertz CT molecular complexity index is 906. The number of ether oxygens (including phenoxy) is 2. The highest BCUT2D eigenvalue weighted by Crippen LogP contribution is 2.34. The van der Waals surface area contributed by atoms with Crippen molar-refractivity contribution in [3.63, 3.8) is 0 Å². The first-order valence-electron chi connectivity index (χ1n) is 7.24. The first-order chi connectivity index (χ1) is 12.4. The summed E-state index contributed by atoms with van der Waals surface area (Å²) in [5.74, 6) is -0.354. The molecule has 0 bridgehead atoms. The third-order valence-corrected chi connectivity index (χ3v) is 3.47. The molecule has 0 saturated heterocycles. The molecule has 0 fully saturated rings. The Balaban J connectivity index is 2.41. The second-order valence-corrected chi connectivity index (χ2v) is 5.03. The van der Waals surface area contributed by atoms with Gasteiger partial charge in [-0.3, -0.25) is 25.0 Å². The molecule has 26 heavy (non-hydrogen) atoms. The molecule has 134 valence electrons. The maximum atomic E-state index is 12.4. The minimum atomic E-state index is -0.698. The van der Waals surface area contributed by atoms with Gasteiger partial charge in [-0.05, 0) is 11.6 Å². The van der Waals surface area contributed by atoms with Crippen LogP contribution in [-0.4, -0.2) is 29.8 Å². The van der Waals surface area contributed by atoms with Crippen LogP contribution in [0.4, 0.5) is 11.4 Å². The van der Waals surface area contributed by atoms with Gasteiger partial charge in [-0.15, -0.1) is 0 Å². The number of rotatable bonds is 7. The van der Waals surface area contributed by atoms with Crippen LogP contribution in [0.5, 0.6) is 11.5 Å². The second kappa shape index (κ2) is 7.88. The predicted molar refractivity (Wildman–Crippen MR) is 92.7 cm³/mol. The van der Waals surface area contributed by atoms with Crippen LogP contribution in [0.1, 0.15) is 15.9 Å². The highest BCUT2D eigenvalue weighted by Gasteiger charge is 2.23. The van der Waals surface area contributed by atoms with Crippen LogP contribution in [0.25, 0.3) is 6.08 Å². The van der Waals surface area contributed by atoms with Crippen molar-refractivity contribution in [1.82, 2.24) is 0 Å². The standard InChI is InChI=1S/C17H14N2O7/c1-25-16-9-13(14(19(23)24)10-17(16)26-2)15(20)7-6-11-4-3-5-12(8-11)18(21)22/h3-10H,1-2H3/b7-6+. The lowest BCUT2D eigenvalue weighted by atomic mass is 10.1. The fourth-order valence-corrected chi connectivity index (χ4v) is 2.22. The fraction of sp³-hybridized carbons (Fsp3) is 0.118. The average molecular weight is 358 g/mol. The van der Waals surface area contributed by atoms with Crippen molar-refractivity contribution in [2.45, 2.75) is 0 Å². The van der Waals surface area contributed by atoms with Gasteiger partial charge in [0.25, 0.3) is 11.4 Å². The van der Waals surface area contributed by atoms with E-state index in [-0.39, 0.29) is 22.7 Å². The molecule has 0 aliphatic rings. The summed E-state index contributed by atoms with van der Waals surface area (Å²) >= 11 is 0. The van der Waals surface area contributed by atoms with Gasteiger partial charge in [0.15, 0.2) is 17.3 Å². The number of carbonyl (C=O) groups is 1. The monoisotopic (exact) mass is 358 g/mol. The number of methoxy groups -OCH3 is 2. The Hall–Kier alpha value is -3.75. The summed E-state index contributed by atoms with van der Waals surface area (Å²) in [6.07, 6.45) is 2.45. The zero-order valence-corrected chi connectivity index (χ0v) is 13.9. The Labute approximate surface area is 147 Å². The third-order valence-electron chi connectivity index (χ3n) is 3.47. The van der Waals surface area contributed by atoms with Crippen LogP contribution in [0.15, 0.2) is 42.5 Å². The highest BCUT2D eigenvalue weighted by molar-refractivity contribution is 6.10. The average Bonchev–Trinajstić information content (AvgIpc) is 2.64. The van der Waals surface area contributed by atoms with Crippen LogP contribution in [0.3, 0.4) is 0 Å². The first kappa shape index (κ1) is 18.6. The molecular weight excluding hydrogens is 344 g/mol. The van der Waals surface area contributed by atoms with Crippen molar-refractivity contribution in [2.24, 2.45) is 0 Å². The molecule has 0 aliphatic carbocycles. The molecule has 0 heterocycles. The van der Waals surface area contributed by atoms with Crippen LogP contribution in [0.2, 0.25) is 0 Å². The summed E-state index contributed by atoms with van der Waals surface area (Å²) in [6.45, 7) is 0. The molecule has 0 atom stereocenters. The molecule has 2 aromatic rings. The van der Waals surface area contributed by atoms with Gasteiger partial charge >= 0.3 is 0 Å². The number of nitro benzene ring substituents is 2. The lowest BCUT2D eigenvalue weighted by molar-refractivity contribution is -0.385. The molecule has 0 unspecified atom stereocenters. The summed E-state index contributed by atoms with van der Waals surface area (Å²) in [5.41, 5.74) is -0.335. The molecule has 0 radical (unpaired) electrons. The van der Waals surface area contributed by atoms with E-state index in [9.17, 15) is 25.0 Å². The van der Waals surface area contributed by atoms with E-state index < -0.39 is 21.3 Å². The number of carbonyl (C=O) groups excluding carboxylic acids is 1. The Morgan fingerprint density at radius 1 is 1.00 bits per heavy atom. The van der Waals surface area contributed by atoms with E-state index in [1.54, 1.807) is 6.07 Å². The summed E-state index contributed by atoms with van der Waals surface area (Å²) < 4.78 is 10.1. The summed E-state index contributed by atoms with van der Waals surface area (Å²) in [4.78, 5) is 33.2. The van der Waals surface area contributed by atoms with Gasteiger partial charge in [-0.2, -0.15) is 0 Å². The van der Waals surface area contributed by atoms with Crippen molar-refractivity contribution < 1.29 is 24.1 Å². The van der Waals surface area contributed by atoms with Crippen LogP contribution < -0.4 is 9.47 Å². The van der Waals surface area contributed by atoms with Crippen molar-refractivity contribution >= 4 is 23.2 Å². The normalized spacial score (nSPS) is 10.5. The summed E-state index contributed by atoms with van der Waals surface area (Å²) in [5, 5.41) is 22.0. The van der Waals surface area contributed by atoms with Gasteiger partial charge in [-0.25, -0.2) is 0 Å². The van der Waals surface area contributed by atoms with Gasteiger partial charge in [-0.1, -0.05) is 18.2 Å².